The molecule has 126 valence electrons. The summed E-state index contributed by atoms with van der Waals surface area (Å²) in [7, 11) is 0. The van der Waals surface area contributed by atoms with Crippen LogP contribution in [-0.2, 0) is 20.7 Å². The predicted molar refractivity (Wildman–Crippen MR) is 90.1 cm³/mol. The molecule has 2 N–H and O–H groups in total. The first-order valence-electron chi connectivity index (χ1n) is 7.88. The second-order valence-corrected chi connectivity index (χ2v) is 6.74. The third kappa shape index (κ3) is 5.95. The van der Waals surface area contributed by atoms with Crippen LogP contribution < -0.4 is 5.32 Å². The number of aliphatic carboxylic acids is 1. The van der Waals surface area contributed by atoms with Crippen LogP contribution in [0.2, 0.25) is 0 Å². The van der Waals surface area contributed by atoms with Crippen molar-refractivity contribution in [2.45, 2.75) is 25.7 Å². The number of aryl methyl sites for hydroxylation is 1. The summed E-state index contributed by atoms with van der Waals surface area (Å²) in [5.74, 6) is -1.40. The fourth-order valence-corrected chi connectivity index (χ4v) is 3.06. The highest BCUT2D eigenvalue weighted by Crippen LogP contribution is 2.23. The van der Waals surface area contributed by atoms with Crippen molar-refractivity contribution in [1.29, 1.82) is 0 Å². The van der Waals surface area contributed by atoms with E-state index in [9.17, 15) is 14.7 Å². The molecule has 0 saturated carbocycles. The Balaban J connectivity index is 1.77. The predicted octanol–water partition coefficient (Wildman–Crippen LogP) is 2.63. The molecule has 1 saturated heterocycles. The van der Waals surface area contributed by atoms with Crippen molar-refractivity contribution in [3.63, 3.8) is 0 Å². The van der Waals surface area contributed by atoms with Gasteiger partial charge in [-0.15, -0.1) is 0 Å². The first-order valence-corrected chi connectivity index (χ1v) is 8.67. The van der Waals surface area contributed by atoms with E-state index in [1.54, 1.807) is 0 Å². The van der Waals surface area contributed by atoms with Gasteiger partial charge in [0, 0.05) is 30.7 Å². The lowest BCUT2D eigenvalue weighted by Gasteiger charge is -2.27. The highest BCUT2D eigenvalue weighted by Gasteiger charge is 2.29. The quantitative estimate of drug-likeness (QED) is 0.758. The van der Waals surface area contributed by atoms with Crippen LogP contribution in [0.1, 0.15) is 24.8 Å². The van der Waals surface area contributed by atoms with E-state index in [1.807, 2.05) is 24.3 Å². The second-order valence-electron chi connectivity index (χ2n) is 5.83. The molecule has 2 rings (SSSR count). The van der Waals surface area contributed by atoms with E-state index in [2.05, 4.69) is 21.2 Å². The minimum absolute atomic E-state index is 0.0769. The average molecular weight is 384 g/mol. The zero-order valence-corrected chi connectivity index (χ0v) is 14.5. The van der Waals surface area contributed by atoms with Crippen LogP contribution >= 0.6 is 15.9 Å². The smallest absolute Gasteiger partial charge is 0.308 e. The maximum Gasteiger partial charge on any atom is 0.308 e. The molecule has 0 spiro atoms. The Hall–Kier alpha value is -1.40. The van der Waals surface area contributed by atoms with Crippen molar-refractivity contribution in [3.05, 3.63) is 34.3 Å². The van der Waals surface area contributed by atoms with Gasteiger partial charge in [0.1, 0.15) is 0 Å². The molecule has 0 bridgehead atoms. The van der Waals surface area contributed by atoms with E-state index in [-0.39, 0.29) is 18.4 Å². The summed E-state index contributed by atoms with van der Waals surface area (Å²) in [5, 5.41) is 12.1. The number of hydrogen-bond acceptors (Lipinski definition) is 3. The molecule has 1 unspecified atom stereocenters. The topological polar surface area (TPSA) is 75.6 Å². The molecular weight excluding hydrogens is 362 g/mol. The van der Waals surface area contributed by atoms with Gasteiger partial charge in [-0.1, -0.05) is 28.1 Å². The Morgan fingerprint density at radius 2 is 1.91 bits per heavy atom. The highest BCUT2D eigenvalue weighted by molar-refractivity contribution is 9.10. The molecule has 6 heteroatoms. The van der Waals surface area contributed by atoms with Gasteiger partial charge in [-0.3, -0.25) is 9.59 Å². The molecule has 1 aromatic carbocycles. The zero-order valence-electron chi connectivity index (χ0n) is 13.0. The Morgan fingerprint density at radius 1 is 1.26 bits per heavy atom. The number of carboxylic acid groups (broad SMARTS) is 1. The van der Waals surface area contributed by atoms with Crippen LogP contribution in [0.25, 0.3) is 0 Å². The number of amides is 1. The normalized spacial score (nSPS) is 16.7. The third-order valence-electron chi connectivity index (χ3n) is 4.23. The van der Waals surface area contributed by atoms with E-state index in [0.717, 1.165) is 22.9 Å². The fraction of sp³-hybridized carbons (Fsp3) is 0.529. The van der Waals surface area contributed by atoms with Crippen LogP contribution in [0, 0.1) is 11.8 Å². The lowest BCUT2D eigenvalue weighted by Crippen LogP contribution is -2.39. The molecule has 1 heterocycles. The van der Waals surface area contributed by atoms with Gasteiger partial charge in [-0.25, -0.2) is 0 Å². The van der Waals surface area contributed by atoms with Crippen molar-refractivity contribution in [2.24, 2.45) is 11.8 Å². The third-order valence-corrected chi connectivity index (χ3v) is 4.75. The van der Waals surface area contributed by atoms with Gasteiger partial charge < -0.3 is 15.2 Å². The summed E-state index contributed by atoms with van der Waals surface area (Å²) in [5.41, 5.74) is 1.09. The van der Waals surface area contributed by atoms with Gasteiger partial charge in [0.15, 0.2) is 0 Å². The molecule has 1 aliphatic heterocycles. The number of carbonyl (C=O) groups excluding carboxylic acids is 1. The van der Waals surface area contributed by atoms with Crippen molar-refractivity contribution in [2.75, 3.05) is 19.8 Å². The molecule has 0 radical (unpaired) electrons. The lowest BCUT2D eigenvalue weighted by molar-refractivity contribution is -0.144. The Labute approximate surface area is 144 Å². The molecule has 0 aliphatic carbocycles. The van der Waals surface area contributed by atoms with Crippen molar-refractivity contribution < 1.29 is 19.4 Å². The van der Waals surface area contributed by atoms with Gasteiger partial charge in [-0.05, 0) is 42.9 Å². The maximum absolute atomic E-state index is 12.0. The summed E-state index contributed by atoms with van der Waals surface area (Å²) < 4.78 is 6.27. The number of nitrogens with one attached hydrogen (secondary N) is 1. The van der Waals surface area contributed by atoms with Gasteiger partial charge in [0.25, 0.3) is 0 Å². The summed E-state index contributed by atoms with van der Waals surface area (Å²) in [6.07, 6.45) is 2.49. The van der Waals surface area contributed by atoms with Crippen LogP contribution in [0.3, 0.4) is 0 Å². The van der Waals surface area contributed by atoms with Crippen LogP contribution in [0.5, 0.6) is 0 Å². The first kappa shape index (κ1) is 17.9. The lowest BCUT2D eigenvalue weighted by atomic mass is 9.86. The SMILES string of the molecule is O=C(CCc1ccc(Br)cc1)NCC(C(=O)O)C1CCOCC1. The highest BCUT2D eigenvalue weighted by atomic mass is 79.9. The fourth-order valence-electron chi connectivity index (χ4n) is 2.79. The van der Waals surface area contributed by atoms with E-state index in [1.165, 1.54) is 0 Å². The van der Waals surface area contributed by atoms with Gasteiger partial charge >= 0.3 is 5.97 Å². The maximum atomic E-state index is 12.0. The largest absolute Gasteiger partial charge is 0.481 e. The minimum atomic E-state index is -0.842. The van der Waals surface area contributed by atoms with Crippen molar-refractivity contribution >= 4 is 27.8 Å². The van der Waals surface area contributed by atoms with Crippen LogP contribution in [0.15, 0.2) is 28.7 Å². The molecule has 1 aromatic rings. The van der Waals surface area contributed by atoms with Crippen molar-refractivity contribution in [3.8, 4) is 0 Å². The number of benzene rings is 1. The molecule has 1 fully saturated rings. The molecule has 1 aliphatic rings. The van der Waals surface area contributed by atoms with E-state index >= 15 is 0 Å². The molecule has 1 atom stereocenters. The molecule has 5 nitrogen and oxygen atoms in total. The number of carboxylic acids is 1. The standard InChI is InChI=1S/C17H22BrNO4/c18-14-4-1-12(2-5-14)3-6-16(20)19-11-15(17(21)22)13-7-9-23-10-8-13/h1-2,4-5,13,15H,3,6-11H2,(H,19,20)(H,21,22). The summed E-state index contributed by atoms with van der Waals surface area (Å²) in [4.78, 5) is 23.4. The molecule has 0 aromatic heterocycles. The summed E-state index contributed by atoms with van der Waals surface area (Å²) in [6, 6.07) is 7.83. The van der Waals surface area contributed by atoms with Crippen molar-refractivity contribution in [1.82, 2.24) is 5.32 Å². The zero-order chi connectivity index (χ0) is 16.7. The number of halogens is 1. The average Bonchev–Trinajstić information content (AvgIpc) is 2.55. The molecule has 23 heavy (non-hydrogen) atoms. The second kappa shape index (κ2) is 9.03. The van der Waals surface area contributed by atoms with Crippen LogP contribution in [-0.4, -0.2) is 36.7 Å². The molecular formula is C17H22BrNO4. The Kier molecular flexibility index (Phi) is 7.05. The summed E-state index contributed by atoms with van der Waals surface area (Å²) in [6.45, 7) is 1.40. The first-order chi connectivity index (χ1) is 11.1. The molecule has 1 amide bonds. The van der Waals surface area contributed by atoms with Gasteiger partial charge in [-0.2, -0.15) is 0 Å². The van der Waals surface area contributed by atoms with Gasteiger partial charge in [0.05, 0.1) is 5.92 Å². The number of rotatable bonds is 7. The Morgan fingerprint density at radius 3 is 2.52 bits per heavy atom. The number of carbonyl (C=O) groups is 2. The van der Waals surface area contributed by atoms with Crippen LogP contribution in [0.4, 0.5) is 0 Å². The summed E-state index contributed by atoms with van der Waals surface area (Å²) >= 11 is 3.37. The van der Waals surface area contributed by atoms with E-state index in [0.29, 0.717) is 26.1 Å². The monoisotopic (exact) mass is 383 g/mol. The van der Waals surface area contributed by atoms with E-state index < -0.39 is 11.9 Å². The van der Waals surface area contributed by atoms with Gasteiger partial charge in [0.2, 0.25) is 5.91 Å². The van der Waals surface area contributed by atoms with E-state index in [4.69, 9.17) is 4.74 Å². The number of ether oxygens (including phenoxy) is 1. The minimum Gasteiger partial charge on any atom is -0.481 e. The number of hydrogen-bond donors (Lipinski definition) is 2. The Bertz CT molecular complexity index is 526.